The van der Waals surface area contributed by atoms with Gasteiger partial charge in [-0.3, -0.25) is 0 Å². The van der Waals surface area contributed by atoms with Gasteiger partial charge in [-0.05, 0) is 55.2 Å². The molecule has 2 aliphatic carbocycles. The van der Waals surface area contributed by atoms with Crippen LogP contribution < -0.4 is 22.5 Å². The maximum atomic E-state index is 5.85. The Morgan fingerprint density at radius 2 is 1.50 bits per heavy atom. The number of rotatable bonds is 4. The van der Waals surface area contributed by atoms with Gasteiger partial charge in [-0.1, -0.05) is 23.2 Å². The Kier molecular flexibility index (Phi) is 5.30. The lowest BCUT2D eigenvalue weighted by atomic mass is 10.2. The number of hydrazine groups is 2. The monoisotopic (exact) mass is 368 g/mol. The molecule has 0 spiro atoms. The van der Waals surface area contributed by atoms with E-state index in [1.54, 1.807) is 0 Å². The molecule has 0 unspecified atom stereocenters. The molecule has 10 heteroatoms. The molecule has 0 atom stereocenters. The van der Waals surface area contributed by atoms with E-state index in [-0.39, 0.29) is 0 Å². The highest BCUT2D eigenvalue weighted by atomic mass is 35.5. The quantitative estimate of drug-likeness (QED) is 0.478. The van der Waals surface area contributed by atoms with Crippen molar-refractivity contribution in [1.29, 1.82) is 0 Å². The van der Waals surface area contributed by atoms with E-state index in [2.05, 4.69) is 31.2 Å². The number of nitrogens with two attached hydrogens (primary N) is 2. The van der Waals surface area contributed by atoms with Crippen molar-refractivity contribution < 1.29 is 0 Å². The van der Waals surface area contributed by atoms with Crippen LogP contribution in [0.1, 0.15) is 48.6 Å². The van der Waals surface area contributed by atoms with Gasteiger partial charge in [0.15, 0.2) is 21.9 Å². The molecule has 2 aliphatic rings. The Morgan fingerprint density at radius 1 is 0.833 bits per heavy atom. The highest BCUT2D eigenvalue weighted by Gasteiger charge is 2.27. The average molecular weight is 369 g/mol. The SMILES string of the molecule is NNc1cc(C2CC2)c(Cl)nn1.NNc1nnc(Cl)cc1C1CC1. The maximum Gasteiger partial charge on any atom is 0.166 e. The van der Waals surface area contributed by atoms with Crippen LogP contribution in [-0.4, -0.2) is 20.4 Å². The molecular weight excluding hydrogens is 351 g/mol. The number of hydrogen-bond donors (Lipinski definition) is 4. The summed E-state index contributed by atoms with van der Waals surface area (Å²) in [6, 6.07) is 3.68. The van der Waals surface area contributed by atoms with E-state index in [4.69, 9.17) is 34.9 Å². The van der Waals surface area contributed by atoms with E-state index in [0.717, 1.165) is 11.1 Å². The van der Waals surface area contributed by atoms with E-state index in [1.165, 1.54) is 25.7 Å². The Hall–Kier alpha value is -1.74. The summed E-state index contributed by atoms with van der Waals surface area (Å²) in [6.45, 7) is 0. The van der Waals surface area contributed by atoms with Crippen LogP contribution in [0.15, 0.2) is 12.1 Å². The summed E-state index contributed by atoms with van der Waals surface area (Å²) in [5.41, 5.74) is 7.09. The molecule has 2 aromatic rings. The molecule has 0 amide bonds. The lowest BCUT2D eigenvalue weighted by Crippen LogP contribution is -2.11. The zero-order valence-electron chi connectivity index (χ0n) is 12.8. The molecule has 2 aromatic heterocycles. The van der Waals surface area contributed by atoms with Gasteiger partial charge >= 0.3 is 0 Å². The van der Waals surface area contributed by atoms with E-state index < -0.39 is 0 Å². The van der Waals surface area contributed by atoms with Gasteiger partial charge < -0.3 is 10.9 Å². The van der Waals surface area contributed by atoms with Gasteiger partial charge in [0.25, 0.3) is 0 Å². The first-order valence-electron chi connectivity index (χ1n) is 7.61. The molecule has 128 valence electrons. The van der Waals surface area contributed by atoms with Crippen molar-refractivity contribution in [2.45, 2.75) is 37.5 Å². The second kappa shape index (κ2) is 7.43. The van der Waals surface area contributed by atoms with Crippen molar-refractivity contribution >= 4 is 34.8 Å². The summed E-state index contributed by atoms with van der Waals surface area (Å²) >= 11 is 11.5. The fourth-order valence-electron chi connectivity index (χ4n) is 2.34. The molecule has 0 aliphatic heterocycles. The molecule has 2 fully saturated rings. The fraction of sp³-hybridized carbons (Fsp3) is 0.429. The Bertz CT molecular complexity index is 718. The van der Waals surface area contributed by atoms with Crippen molar-refractivity contribution in [2.24, 2.45) is 11.7 Å². The molecule has 2 heterocycles. The van der Waals surface area contributed by atoms with Crippen molar-refractivity contribution in [1.82, 2.24) is 20.4 Å². The Labute approximate surface area is 149 Å². The second-order valence-corrected chi connectivity index (χ2v) is 6.53. The van der Waals surface area contributed by atoms with Crippen LogP contribution in [0.4, 0.5) is 11.6 Å². The summed E-state index contributed by atoms with van der Waals surface area (Å²) in [7, 11) is 0. The van der Waals surface area contributed by atoms with Gasteiger partial charge in [0, 0.05) is 5.56 Å². The van der Waals surface area contributed by atoms with Crippen LogP contribution in [0.25, 0.3) is 0 Å². The summed E-state index contributed by atoms with van der Waals surface area (Å²) in [5.74, 6) is 12.8. The first-order chi connectivity index (χ1) is 11.6. The van der Waals surface area contributed by atoms with Gasteiger partial charge in [0.2, 0.25) is 0 Å². The molecule has 6 N–H and O–H groups in total. The highest BCUT2D eigenvalue weighted by molar-refractivity contribution is 6.30. The van der Waals surface area contributed by atoms with E-state index >= 15 is 0 Å². The predicted octanol–water partition coefficient (Wildman–Crippen LogP) is 2.59. The van der Waals surface area contributed by atoms with Gasteiger partial charge in [-0.2, -0.15) is 0 Å². The van der Waals surface area contributed by atoms with Crippen LogP contribution in [-0.2, 0) is 0 Å². The third kappa shape index (κ3) is 4.21. The number of nitrogens with one attached hydrogen (secondary N) is 2. The molecule has 2 saturated carbocycles. The van der Waals surface area contributed by atoms with E-state index in [1.807, 2.05) is 12.1 Å². The minimum Gasteiger partial charge on any atom is -0.307 e. The fourth-order valence-corrected chi connectivity index (χ4v) is 2.74. The van der Waals surface area contributed by atoms with Crippen molar-refractivity contribution in [3.8, 4) is 0 Å². The summed E-state index contributed by atoms with van der Waals surface area (Å²) in [6.07, 6.45) is 4.76. The highest BCUT2D eigenvalue weighted by Crippen LogP contribution is 2.43. The molecule has 4 rings (SSSR count). The Balaban J connectivity index is 0.000000141. The van der Waals surface area contributed by atoms with Gasteiger partial charge in [0.05, 0.1) is 0 Å². The third-order valence-electron chi connectivity index (χ3n) is 3.89. The minimum atomic E-state index is 0.427. The van der Waals surface area contributed by atoms with Crippen molar-refractivity contribution in [2.75, 3.05) is 10.9 Å². The number of halogens is 2. The predicted molar refractivity (Wildman–Crippen MR) is 93.7 cm³/mol. The smallest absolute Gasteiger partial charge is 0.166 e. The summed E-state index contributed by atoms with van der Waals surface area (Å²) < 4.78 is 0. The van der Waals surface area contributed by atoms with Crippen LogP contribution >= 0.6 is 23.2 Å². The minimum absolute atomic E-state index is 0.427. The first kappa shape index (κ1) is 17.1. The number of nitrogens with zero attached hydrogens (tertiary/aromatic N) is 4. The zero-order valence-corrected chi connectivity index (χ0v) is 14.3. The number of anilines is 2. The zero-order chi connectivity index (χ0) is 17.1. The van der Waals surface area contributed by atoms with Crippen LogP contribution in [0.2, 0.25) is 10.3 Å². The molecule has 0 aromatic carbocycles. The van der Waals surface area contributed by atoms with Gasteiger partial charge in [-0.15, -0.1) is 20.4 Å². The normalized spacial score (nSPS) is 16.2. The van der Waals surface area contributed by atoms with Crippen molar-refractivity contribution in [3.63, 3.8) is 0 Å². The van der Waals surface area contributed by atoms with Crippen LogP contribution in [0.3, 0.4) is 0 Å². The lowest BCUT2D eigenvalue weighted by molar-refractivity contribution is 0.971. The van der Waals surface area contributed by atoms with Crippen LogP contribution in [0.5, 0.6) is 0 Å². The maximum absolute atomic E-state index is 5.85. The summed E-state index contributed by atoms with van der Waals surface area (Å²) in [4.78, 5) is 0. The van der Waals surface area contributed by atoms with E-state index in [9.17, 15) is 0 Å². The topological polar surface area (TPSA) is 128 Å². The van der Waals surface area contributed by atoms with Gasteiger partial charge in [0.1, 0.15) is 0 Å². The summed E-state index contributed by atoms with van der Waals surface area (Å²) in [5, 5.41) is 16.0. The molecule has 0 radical (unpaired) electrons. The molecule has 0 saturated heterocycles. The van der Waals surface area contributed by atoms with E-state index in [0.29, 0.717) is 33.8 Å². The largest absolute Gasteiger partial charge is 0.307 e. The van der Waals surface area contributed by atoms with Crippen molar-refractivity contribution in [3.05, 3.63) is 33.6 Å². The number of aromatic nitrogens is 4. The van der Waals surface area contributed by atoms with Gasteiger partial charge in [-0.25, -0.2) is 11.7 Å². The number of hydrogen-bond acceptors (Lipinski definition) is 8. The standard InChI is InChI=1S/2C7H9ClN4/c8-7-5(4-1-2-4)3-6(10-9)11-12-7;8-6-3-5(4-1-2-4)7(10-9)12-11-6/h3-4H,1-2,9H2,(H,10,11);3-4H,1-2,9H2,(H,10,12). The Morgan fingerprint density at radius 3 is 2.08 bits per heavy atom. The molecule has 24 heavy (non-hydrogen) atoms. The first-order valence-corrected chi connectivity index (χ1v) is 8.37. The molecular formula is C14H18Cl2N8. The molecule has 8 nitrogen and oxygen atoms in total. The number of nitrogen functional groups attached to an aromatic ring is 2. The molecule has 0 bridgehead atoms. The lowest BCUT2D eigenvalue weighted by Gasteiger charge is -2.04. The second-order valence-electron chi connectivity index (χ2n) is 5.78. The average Bonchev–Trinajstić information content (AvgIpc) is 3.49. The third-order valence-corrected chi connectivity index (χ3v) is 4.37. The van der Waals surface area contributed by atoms with Crippen LogP contribution in [0, 0.1) is 0 Å².